The Labute approximate surface area is 110 Å². The van der Waals surface area contributed by atoms with Crippen molar-refractivity contribution in [1.82, 2.24) is 5.32 Å². The van der Waals surface area contributed by atoms with E-state index in [1.54, 1.807) is 0 Å². The van der Waals surface area contributed by atoms with Crippen molar-refractivity contribution < 1.29 is 0 Å². The Morgan fingerprint density at radius 1 is 1.24 bits per heavy atom. The predicted molar refractivity (Wildman–Crippen MR) is 78.7 cm³/mol. The van der Waals surface area contributed by atoms with Gasteiger partial charge < -0.3 is 5.32 Å². The van der Waals surface area contributed by atoms with Gasteiger partial charge in [0, 0.05) is 16.7 Å². The second-order valence-electron chi connectivity index (χ2n) is 4.74. The highest BCUT2D eigenvalue weighted by molar-refractivity contribution is 7.99. The number of nitrogens with one attached hydrogen (secondary N) is 1. The number of benzene rings is 1. The molecule has 2 atom stereocenters. The van der Waals surface area contributed by atoms with Gasteiger partial charge >= 0.3 is 0 Å². The lowest BCUT2D eigenvalue weighted by molar-refractivity contribution is 0.420. The molecule has 0 aliphatic heterocycles. The van der Waals surface area contributed by atoms with Crippen LogP contribution in [0.2, 0.25) is 0 Å². The van der Waals surface area contributed by atoms with E-state index in [-0.39, 0.29) is 0 Å². The maximum atomic E-state index is 3.44. The van der Waals surface area contributed by atoms with E-state index in [1.165, 1.54) is 24.2 Å². The van der Waals surface area contributed by atoms with Crippen LogP contribution in [0.4, 0.5) is 0 Å². The second kappa shape index (κ2) is 8.60. The summed E-state index contributed by atoms with van der Waals surface area (Å²) in [6.45, 7) is 4.63. The molecule has 1 N–H and O–H groups in total. The minimum Gasteiger partial charge on any atom is -0.316 e. The summed E-state index contributed by atoms with van der Waals surface area (Å²) >= 11 is 1.95. The van der Waals surface area contributed by atoms with E-state index in [2.05, 4.69) is 56.5 Å². The van der Waals surface area contributed by atoms with Gasteiger partial charge in [0.2, 0.25) is 0 Å². The Kier molecular flexibility index (Phi) is 7.38. The van der Waals surface area contributed by atoms with Crippen LogP contribution in [-0.2, 0) is 0 Å². The largest absolute Gasteiger partial charge is 0.316 e. The minimum atomic E-state index is 0.627. The van der Waals surface area contributed by atoms with Crippen molar-refractivity contribution in [2.45, 2.75) is 44.0 Å². The molecule has 0 aliphatic carbocycles. The average Bonchev–Trinajstić information content (AvgIpc) is 2.36. The van der Waals surface area contributed by atoms with Crippen molar-refractivity contribution >= 4 is 11.8 Å². The summed E-state index contributed by atoms with van der Waals surface area (Å²) < 4.78 is 0. The van der Waals surface area contributed by atoms with Crippen LogP contribution < -0.4 is 5.32 Å². The van der Waals surface area contributed by atoms with Crippen molar-refractivity contribution in [2.24, 2.45) is 5.92 Å². The summed E-state index contributed by atoms with van der Waals surface area (Å²) in [6.07, 6.45) is 3.92. The molecule has 0 saturated heterocycles. The number of hydrogen-bond donors (Lipinski definition) is 1. The van der Waals surface area contributed by atoms with Crippen molar-refractivity contribution in [3.8, 4) is 0 Å². The first kappa shape index (κ1) is 14.6. The summed E-state index contributed by atoms with van der Waals surface area (Å²) in [6, 6.07) is 11.3. The van der Waals surface area contributed by atoms with Gasteiger partial charge in [0.25, 0.3) is 0 Å². The molecule has 1 nitrogen and oxygen atoms in total. The molecule has 0 saturated carbocycles. The third kappa shape index (κ3) is 6.13. The lowest BCUT2D eigenvalue weighted by Crippen LogP contribution is -2.29. The molecule has 2 heteroatoms. The normalized spacial score (nSPS) is 14.5. The van der Waals surface area contributed by atoms with Crippen LogP contribution in [0.3, 0.4) is 0 Å². The molecule has 0 radical (unpaired) electrons. The van der Waals surface area contributed by atoms with Gasteiger partial charge in [0.15, 0.2) is 0 Å². The Balaban J connectivity index is 2.32. The first-order valence-electron chi connectivity index (χ1n) is 6.61. The van der Waals surface area contributed by atoms with Gasteiger partial charge in [-0.3, -0.25) is 0 Å². The molecule has 0 bridgehead atoms. The SMILES string of the molecule is CCCC(C)CC(CSc1ccccc1)NC. The third-order valence-electron chi connectivity index (χ3n) is 3.07. The molecule has 2 unspecified atom stereocenters. The van der Waals surface area contributed by atoms with Gasteiger partial charge in [-0.1, -0.05) is 44.9 Å². The molecule has 96 valence electrons. The van der Waals surface area contributed by atoms with E-state index < -0.39 is 0 Å². The van der Waals surface area contributed by atoms with Gasteiger partial charge in [-0.15, -0.1) is 11.8 Å². The Morgan fingerprint density at radius 2 is 1.94 bits per heavy atom. The molecule has 0 aromatic heterocycles. The van der Waals surface area contributed by atoms with Gasteiger partial charge in [0.05, 0.1) is 0 Å². The van der Waals surface area contributed by atoms with E-state index in [9.17, 15) is 0 Å². The second-order valence-corrected chi connectivity index (χ2v) is 5.83. The standard InChI is InChI=1S/C15H25NS/c1-4-8-13(2)11-14(16-3)12-17-15-9-6-5-7-10-15/h5-7,9-10,13-14,16H,4,8,11-12H2,1-3H3. The first-order valence-corrected chi connectivity index (χ1v) is 7.60. The summed E-state index contributed by atoms with van der Waals surface area (Å²) in [4.78, 5) is 1.37. The molecule has 1 aromatic rings. The highest BCUT2D eigenvalue weighted by Crippen LogP contribution is 2.21. The van der Waals surface area contributed by atoms with Crippen LogP contribution >= 0.6 is 11.8 Å². The monoisotopic (exact) mass is 251 g/mol. The van der Waals surface area contributed by atoms with Crippen LogP contribution in [0.25, 0.3) is 0 Å². The average molecular weight is 251 g/mol. The lowest BCUT2D eigenvalue weighted by atomic mass is 9.98. The van der Waals surface area contributed by atoms with Gasteiger partial charge in [-0.05, 0) is 31.5 Å². The summed E-state index contributed by atoms with van der Waals surface area (Å²) in [7, 11) is 2.08. The van der Waals surface area contributed by atoms with Crippen molar-refractivity contribution in [1.29, 1.82) is 0 Å². The quantitative estimate of drug-likeness (QED) is 0.695. The van der Waals surface area contributed by atoms with Crippen molar-refractivity contribution in [2.75, 3.05) is 12.8 Å². The molecule has 0 spiro atoms. The van der Waals surface area contributed by atoms with E-state index in [1.807, 2.05) is 11.8 Å². The fourth-order valence-corrected chi connectivity index (χ4v) is 3.13. The van der Waals surface area contributed by atoms with Crippen LogP contribution in [0.15, 0.2) is 35.2 Å². The number of thioether (sulfide) groups is 1. The van der Waals surface area contributed by atoms with E-state index >= 15 is 0 Å². The van der Waals surface area contributed by atoms with Crippen LogP contribution in [0.1, 0.15) is 33.1 Å². The zero-order chi connectivity index (χ0) is 12.5. The third-order valence-corrected chi connectivity index (χ3v) is 4.25. The smallest absolute Gasteiger partial charge is 0.0161 e. The van der Waals surface area contributed by atoms with Gasteiger partial charge in [0.1, 0.15) is 0 Å². The van der Waals surface area contributed by atoms with Crippen LogP contribution in [0, 0.1) is 5.92 Å². The zero-order valence-electron chi connectivity index (χ0n) is 11.3. The molecule has 0 fully saturated rings. The lowest BCUT2D eigenvalue weighted by Gasteiger charge is -2.20. The maximum absolute atomic E-state index is 3.44. The summed E-state index contributed by atoms with van der Waals surface area (Å²) in [5.74, 6) is 1.99. The molecule has 1 rings (SSSR count). The maximum Gasteiger partial charge on any atom is 0.0161 e. The Bertz CT molecular complexity index is 286. The highest BCUT2D eigenvalue weighted by atomic mass is 32.2. The minimum absolute atomic E-state index is 0.627. The Hall–Kier alpha value is -0.470. The molecule has 0 aliphatic rings. The van der Waals surface area contributed by atoms with E-state index in [0.29, 0.717) is 6.04 Å². The van der Waals surface area contributed by atoms with Crippen LogP contribution in [0.5, 0.6) is 0 Å². The Morgan fingerprint density at radius 3 is 2.53 bits per heavy atom. The van der Waals surface area contributed by atoms with Gasteiger partial charge in [-0.2, -0.15) is 0 Å². The zero-order valence-corrected chi connectivity index (χ0v) is 12.1. The molecular formula is C15H25NS. The summed E-state index contributed by atoms with van der Waals surface area (Å²) in [5, 5.41) is 3.44. The molecule has 17 heavy (non-hydrogen) atoms. The van der Waals surface area contributed by atoms with Crippen LogP contribution in [-0.4, -0.2) is 18.8 Å². The first-order chi connectivity index (χ1) is 8.26. The van der Waals surface area contributed by atoms with Gasteiger partial charge in [-0.25, -0.2) is 0 Å². The number of rotatable bonds is 8. The fourth-order valence-electron chi connectivity index (χ4n) is 2.08. The summed E-state index contributed by atoms with van der Waals surface area (Å²) in [5.41, 5.74) is 0. The molecule has 0 amide bonds. The number of hydrogen-bond acceptors (Lipinski definition) is 2. The van der Waals surface area contributed by atoms with E-state index in [4.69, 9.17) is 0 Å². The predicted octanol–water partition coefficient (Wildman–Crippen LogP) is 4.19. The molecule has 0 heterocycles. The molecular weight excluding hydrogens is 226 g/mol. The fraction of sp³-hybridized carbons (Fsp3) is 0.600. The van der Waals surface area contributed by atoms with Crippen molar-refractivity contribution in [3.05, 3.63) is 30.3 Å². The topological polar surface area (TPSA) is 12.0 Å². The molecule has 1 aromatic carbocycles. The van der Waals surface area contributed by atoms with E-state index in [0.717, 1.165) is 11.7 Å². The van der Waals surface area contributed by atoms with Crippen molar-refractivity contribution in [3.63, 3.8) is 0 Å². The highest BCUT2D eigenvalue weighted by Gasteiger charge is 2.11.